The fourth-order valence-electron chi connectivity index (χ4n) is 3.72. The van der Waals surface area contributed by atoms with Crippen molar-refractivity contribution in [1.82, 2.24) is 0 Å². The molecule has 1 aromatic rings. The summed E-state index contributed by atoms with van der Waals surface area (Å²) in [6.07, 6.45) is 6.54. The lowest BCUT2D eigenvalue weighted by Gasteiger charge is -2.34. The molecular formula is C15H20ClN3. The fraction of sp³-hybridized carbons (Fsp3) is 0.533. The maximum atomic E-state index is 7.78. The van der Waals surface area contributed by atoms with Crippen LogP contribution in [0.1, 0.15) is 37.7 Å². The minimum atomic E-state index is 0.0693. The van der Waals surface area contributed by atoms with E-state index in [2.05, 4.69) is 11.0 Å². The van der Waals surface area contributed by atoms with E-state index in [4.69, 9.17) is 22.7 Å². The van der Waals surface area contributed by atoms with Crippen LogP contribution < -0.4 is 10.6 Å². The number of benzene rings is 1. The highest BCUT2D eigenvalue weighted by atomic mass is 35.5. The van der Waals surface area contributed by atoms with Gasteiger partial charge in [0.25, 0.3) is 0 Å². The molecule has 2 atom stereocenters. The average molecular weight is 278 g/mol. The number of rotatable bonds is 2. The molecule has 2 unspecified atom stereocenters. The van der Waals surface area contributed by atoms with E-state index >= 15 is 0 Å². The van der Waals surface area contributed by atoms with Crippen LogP contribution in [0, 0.1) is 11.3 Å². The molecule has 2 aliphatic rings. The number of hydrogen-bond donors (Lipinski definition) is 2. The summed E-state index contributed by atoms with van der Waals surface area (Å²) in [5.74, 6) is 0.882. The summed E-state index contributed by atoms with van der Waals surface area (Å²) in [6.45, 7) is 1.07. The molecule has 0 bridgehead atoms. The number of hydrogen-bond acceptors (Lipinski definition) is 2. The SMILES string of the molecule is N=C(N)c1c(Cl)cccc1N1CCC2CCCCC21. The number of nitrogens with one attached hydrogen (secondary N) is 1. The zero-order valence-corrected chi connectivity index (χ0v) is 11.8. The molecule has 2 fully saturated rings. The van der Waals surface area contributed by atoms with Crippen molar-refractivity contribution >= 4 is 23.1 Å². The Kier molecular flexibility index (Phi) is 3.40. The van der Waals surface area contributed by atoms with Crippen LogP contribution in [0.25, 0.3) is 0 Å². The number of nitrogens with zero attached hydrogens (tertiary/aromatic N) is 1. The largest absolute Gasteiger partial charge is 0.384 e. The number of nitrogen functional groups attached to an aromatic ring is 1. The molecule has 1 aliphatic heterocycles. The summed E-state index contributed by atoms with van der Waals surface area (Å²) >= 11 is 6.23. The van der Waals surface area contributed by atoms with Gasteiger partial charge in [-0.2, -0.15) is 0 Å². The van der Waals surface area contributed by atoms with Crippen LogP contribution >= 0.6 is 11.6 Å². The first-order valence-electron chi connectivity index (χ1n) is 7.08. The predicted octanol–water partition coefficient (Wildman–Crippen LogP) is 3.39. The Morgan fingerprint density at radius 1 is 1.26 bits per heavy atom. The third-order valence-electron chi connectivity index (χ3n) is 4.58. The molecule has 0 amide bonds. The smallest absolute Gasteiger partial charge is 0.126 e. The van der Waals surface area contributed by atoms with Crippen LogP contribution in [0.3, 0.4) is 0 Å². The molecule has 1 saturated carbocycles. The van der Waals surface area contributed by atoms with Gasteiger partial charge in [-0.15, -0.1) is 0 Å². The van der Waals surface area contributed by atoms with E-state index in [1.807, 2.05) is 12.1 Å². The summed E-state index contributed by atoms with van der Waals surface area (Å²) in [5.41, 5.74) is 7.48. The third-order valence-corrected chi connectivity index (χ3v) is 4.90. The molecule has 19 heavy (non-hydrogen) atoms. The minimum Gasteiger partial charge on any atom is -0.384 e. The Morgan fingerprint density at radius 3 is 2.84 bits per heavy atom. The van der Waals surface area contributed by atoms with Crippen molar-refractivity contribution in [2.75, 3.05) is 11.4 Å². The van der Waals surface area contributed by atoms with Gasteiger partial charge in [-0.1, -0.05) is 30.5 Å². The van der Waals surface area contributed by atoms with Crippen LogP contribution in [-0.2, 0) is 0 Å². The highest BCUT2D eigenvalue weighted by molar-refractivity contribution is 6.34. The van der Waals surface area contributed by atoms with Gasteiger partial charge in [-0.25, -0.2) is 0 Å². The van der Waals surface area contributed by atoms with Crippen molar-refractivity contribution < 1.29 is 0 Å². The predicted molar refractivity (Wildman–Crippen MR) is 80.2 cm³/mol. The Labute approximate surface area is 119 Å². The van der Waals surface area contributed by atoms with E-state index in [-0.39, 0.29) is 5.84 Å². The molecule has 102 valence electrons. The first-order valence-corrected chi connectivity index (χ1v) is 7.46. The van der Waals surface area contributed by atoms with Crippen molar-refractivity contribution in [1.29, 1.82) is 5.41 Å². The van der Waals surface area contributed by atoms with Crippen LogP contribution in [0.2, 0.25) is 5.02 Å². The summed E-state index contributed by atoms with van der Waals surface area (Å²) < 4.78 is 0. The number of fused-ring (bicyclic) bond motifs is 1. The van der Waals surface area contributed by atoms with Gasteiger partial charge in [0.15, 0.2) is 0 Å². The maximum absolute atomic E-state index is 7.78. The van der Waals surface area contributed by atoms with Crippen LogP contribution in [0.15, 0.2) is 18.2 Å². The van der Waals surface area contributed by atoms with Crippen LogP contribution in [0.4, 0.5) is 5.69 Å². The van der Waals surface area contributed by atoms with Crippen LogP contribution in [-0.4, -0.2) is 18.4 Å². The summed E-state index contributed by atoms with van der Waals surface area (Å²) in [5, 5.41) is 8.37. The summed E-state index contributed by atoms with van der Waals surface area (Å²) in [4.78, 5) is 2.44. The number of amidine groups is 1. The van der Waals surface area contributed by atoms with Crippen LogP contribution in [0.5, 0.6) is 0 Å². The molecule has 0 aromatic heterocycles. The van der Waals surface area contributed by atoms with Crippen molar-refractivity contribution in [3.8, 4) is 0 Å². The number of anilines is 1. The number of nitrogens with two attached hydrogens (primary N) is 1. The fourth-order valence-corrected chi connectivity index (χ4v) is 4.00. The highest BCUT2D eigenvalue weighted by Crippen LogP contribution is 2.40. The van der Waals surface area contributed by atoms with E-state index in [0.29, 0.717) is 16.6 Å². The van der Waals surface area contributed by atoms with Gasteiger partial charge >= 0.3 is 0 Å². The van der Waals surface area contributed by atoms with Gasteiger partial charge in [0, 0.05) is 18.3 Å². The van der Waals surface area contributed by atoms with E-state index in [0.717, 1.165) is 18.2 Å². The van der Waals surface area contributed by atoms with Crippen molar-refractivity contribution in [3.05, 3.63) is 28.8 Å². The molecule has 1 heterocycles. The lowest BCUT2D eigenvalue weighted by Crippen LogP contribution is -2.36. The zero-order chi connectivity index (χ0) is 13.4. The van der Waals surface area contributed by atoms with Gasteiger partial charge in [0.2, 0.25) is 0 Å². The molecule has 3 nitrogen and oxygen atoms in total. The molecule has 4 heteroatoms. The minimum absolute atomic E-state index is 0.0693. The topological polar surface area (TPSA) is 53.1 Å². The lowest BCUT2D eigenvalue weighted by atomic mass is 9.85. The van der Waals surface area contributed by atoms with Gasteiger partial charge in [0.1, 0.15) is 5.84 Å². The lowest BCUT2D eigenvalue weighted by molar-refractivity contribution is 0.342. The highest BCUT2D eigenvalue weighted by Gasteiger charge is 2.36. The van der Waals surface area contributed by atoms with Crippen molar-refractivity contribution in [3.63, 3.8) is 0 Å². The van der Waals surface area contributed by atoms with E-state index in [1.54, 1.807) is 0 Å². The van der Waals surface area contributed by atoms with Gasteiger partial charge in [-0.3, -0.25) is 5.41 Å². The molecule has 1 aliphatic carbocycles. The Morgan fingerprint density at radius 2 is 2.05 bits per heavy atom. The summed E-state index contributed by atoms with van der Waals surface area (Å²) in [6, 6.07) is 6.45. The van der Waals surface area contributed by atoms with E-state index in [9.17, 15) is 0 Å². The average Bonchev–Trinajstić information content (AvgIpc) is 2.81. The van der Waals surface area contributed by atoms with Crippen molar-refractivity contribution in [2.24, 2.45) is 11.7 Å². The van der Waals surface area contributed by atoms with E-state index < -0.39 is 0 Å². The second-order valence-corrected chi connectivity index (χ2v) is 6.05. The number of halogens is 1. The molecule has 3 rings (SSSR count). The monoisotopic (exact) mass is 277 g/mol. The molecule has 1 aromatic carbocycles. The molecule has 3 N–H and O–H groups in total. The first kappa shape index (κ1) is 12.8. The Balaban J connectivity index is 1.98. The third kappa shape index (κ3) is 2.20. The molecular weight excluding hydrogens is 258 g/mol. The maximum Gasteiger partial charge on any atom is 0.126 e. The zero-order valence-electron chi connectivity index (χ0n) is 11.0. The molecule has 0 spiro atoms. The van der Waals surface area contributed by atoms with Gasteiger partial charge < -0.3 is 10.6 Å². The first-order chi connectivity index (χ1) is 9.18. The Hall–Kier alpha value is -1.22. The van der Waals surface area contributed by atoms with Gasteiger partial charge in [0.05, 0.1) is 10.6 Å². The summed E-state index contributed by atoms with van der Waals surface area (Å²) in [7, 11) is 0. The molecule has 1 saturated heterocycles. The molecule has 0 radical (unpaired) electrons. The Bertz CT molecular complexity index is 500. The van der Waals surface area contributed by atoms with Gasteiger partial charge in [-0.05, 0) is 37.3 Å². The normalized spacial score (nSPS) is 26.3. The second-order valence-electron chi connectivity index (χ2n) is 5.64. The van der Waals surface area contributed by atoms with E-state index in [1.165, 1.54) is 32.1 Å². The van der Waals surface area contributed by atoms with Crippen molar-refractivity contribution in [2.45, 2.75) is 38.1 Å². The quantitative estimate of drug-likeness (QED) is 0.643. The second kappa shape index (κ2) is 5.04. The standard InChI is InChI=1S/C15H20ClN3/c16-11-5-3-7-13(14(11)15(17)18)19-9-8-10-4-1-2-6-12(10)19/h3,5,7,10,12H,1-2,4,6,8-9H2,(H3,17,18).